The normalized spacial score (nSPS) is 19.6. The Morgan fingerprint density at radius 2 is 1.88 bits per heavy atom. The van der Waals surface area contributed by atoms with Crippen molar-refractivity contribution in [2.24, 2.45) is 0 Å². The zero-order chi connectivity index (χ0) is 11.4. The molecule has 1 aliphatic carbocycles. The third-order valence-corrected chi connectivity index (χ3v) is 3.77. The molecule has 2 rings (SSSR count). The summed E-state index contributed by atoms with van der Waals surface area (Å²) in [5.41, 5.74) is 0.933. The molecule has 0 bridgehead atoms. The van der Waals surface area contributed by atoms with Crippen LogP contribution in [0.4, 0.5) is 4.39 Å². The lowest BCUT2D eigenvalue weighted by Gasteiger charge is -2.38. The summed E-state index contributed by atoms with van der Waals surface area (Å²) in [5, 5.41) is 3.24. The summed E-state index contributed by atoms with van der Waals surface area (Å²) in [5.74, 6) is -0.0420. The van der Waals surface area contributed by atoms with Crippen LogP contribution in [0.3, 0.4) is 0 Å². The molecule has 0 amide bonds. The summed E-state index contributed by atoms with van der Waals surface area (Å²) in [4.78, 5) is 0. The van der Waals surface area contributed by atoms with Gasteiger partial charge in [0.25, 0.3) is 0 Å². The first-order valence-electron chi connectivity index (χ1n) is 6.18. The largest absolute Gasteiger partial charge is 0.319 e. The van der Waals surface area contributed by atoms with Crippen LogP contribution in [0.15, 0.2) is 24.3 Å². The van der Waals surface area contributed by atoms with Crippen LogP contribution in [0.5, 0.6) is 0 Å². The van der Waals surface area contributed by atoms with Gasteiger partial charge in [-0.05, 0) is 31.5 Å². The molecule has 0 spiro atoms. The van der Waals surface area contributed by atoms with Gasteiger partial charge in [0.15, 0.2) is 0 Å². The Balaban J connectivity index is 2.34. The van der Waals surface area contributed by atoms with Gasteiger partial charge >= 0.3 is 0 Å². The van der Waals surface area contributed by atoms with Gasteiger partial charge in [0.05, 0.1) is 0 Å². The fourth-order valence-electron chi connectivity index (χ4n) is 3.00. The van der Waals surface area contributed by atoms with Gasteiger partial charge in [-0.25, -0.2) is 4.39 Å². The van der Waals surface area contributed by atoms with Crippen molar-refractivity contribution in [2.45, 2.75) is 37.5 Å². The van der Waals surface area contributed by atoms with Crippen molar-refractivity contribution < 1.29 is 4.39 Å². The SMILES string of the molecule is CNCC1(c2ccccc2F)CCCCC1. The van der Waals surface area contributed by atoms with Gasteiger partial charge in [-0.2, -0.15) is 0 Å². The van der Waals surface area contributed by atoms with Gasteiger partial charge in [0.1, 0.15) is 5.82 Å². The van der Waals surface area contributed by atoms with Crippen LogP contribution in [0.25, 0.3) is 0 Å². The topological polar surface area (TPSA) is 12.0 Å². The molecule has 0 aromatic heterocycles. The van der Waals surface area contributed by atoms with Gasteiger partial charge in [-0.15, -0.1) is 0 Å². The number of hydrogen-bond donors (Lipinski definition) is 1. The lowest BCUT2D eigenvalue weighted by molar-refractivity contribution is 0.277. The van der Waals surface area contributed by atoms with E-state index in [1.807, 2.05) is 19.2 Å². The van der Waals surface area contributed by atoms with Crippen LogP contribution in [-0.2, 0) is 5.41 Å². The first-order valence-corrected chi connectivity index (χ1v) is 6.18. The quantitative estimate of drug-likeness (QED) is 0.826. The molecule has 16 heavy (non-hydrogen) atoms. The van der Waals surface area contributed by atoms with E-state index >= 15 is 0 Å². The van der Waals surface area contributed by atoms with E-state index in [1.54, 1.807) is 12.1 Å². The molecule has 1 aromatic carbocycles. The maximum atomic E-state index is 13.9. The Bertz CT molecular complexity index is 337. The first kappa shape index (κ1) is 11.6. The fraction of sp³-hybridized carbons (Fsp3) is 0.571. The smallest absolute Gasteiger partial charge is 0.127 e. The Morgan fingerprint density at radius 1 is 1.19 bits per heavy atom. The zero-order valence-corrected chi connectivity index (χ0v) is 9.93. The van der Waals surface area contributed by atoms with E-state index in [2.05, 4.69) is 5.32 Å². The van der Waals surface area contributed by atoms with Crippen molar-refractivity contribution in [3.63, 3.8) is 0 Å². The van der Waals surface area contributed by atoms with Gasteiger partial charge < -0.3 is 5.32 Å². The second-order valence-electron chi connectivity index (χ2n) is 4.85. The summed E-state index contributed by atoms with van der Waals surface area (Å²) in [6.07, 6.45) is 5.94. The minimum Gasteiger partial charge on any atom is -0.319 e. The third-order valence-electron chi connectivity index (χ3n) is 3.77. The molecule has 2 heteroatoms. The molecule has 0 saturated heterocycles. The molecule has 1 saturated carbocycles. The number of halogens is 1. The Morgan fingerprint density at radius 3 is 2.50 bits per heavy atom. The van der Waals surface area contributed by atoms with E-state index in [1.165, 1.54) is 19.3 Å². The Kier molecular flexibility index (Phi) is 3.59. The van der Waals surface area contributed by atoms with Crippen LogP contribution in [0, 0.1) is 5.82 Å². The Hall–Kier alpha value is -0.890. The standard InChI is InChI=1S/C14H20FN/c1-16-11-14(9-5-2-6-10-14)12-7-3-4-8-13(12)15/h3-4,7-8,16H,2,5-6,9-11H2,1H3. The van der Waals surface area contributed by atoms with E-state index < -0.39 is 0 Å². The maximum Gasteiger partial charge on any atom is 0.127 e. The molecule has 0 aliphatic heterocycles. The minimum absolute atomic E-state index is 0.0261. The highest BCUT2D eigenvalue weighted by atomic mass is 19.1. The average molecular weight is 221 g/mol. The van der Waals surface area contributed by atoms with Gasteiger partial charge in [0, 0.05) is 12.0 Å². The number of nitrogens with one attached hydrogen (secondary N) is 1. The van der Waals surface area contributed by atoms with Crippen molar-refractivity contribution in [1.29, 1.82) is 0 Å². The van der Waals surface area contributed by atoms with Gasteiger partial charge in [-0.3, -0.25) is 0 Å². The molecule has 0 unspecified atom stereocenters. The molecular weight excluding hydrogens is 201 g/mol. The molecule has 1 aromatic rings. The van der Waals surface area contributed by atoms with Crippen molar-refractivity contribution in [3.8, 4) is 0 Å². The summed E-state index contributed by atoms with van der Waals surface area (Å²) < 4.78 is 13.9. The van der Waals surface area contributed by atoms with E-state index in [0.29, 0.717) is 0 Å². The number of hydrogen-bond acceptors (Lipinski definition) is 1. The predicted octanol–water partition coefficient (Wildman–Crippen LogP) is 3.25. The Labute approximate surface area is 97.1 Å². The van der Waals surface area contributed by atoms with Crippen molar-refractivity contribution in [1.82, 2.24) is 5.32 Å². The number of benzene rings is 1. The summed E-state index contributed by atoms with van der Waals surface area (Å²) in [6.45, 7) is 0.883. The highest BCUT2D eigenvalue weighted by Crippen LogP contribution is 2.39. The van der Waals surface area contributed by atoms with E-state index in [9.17, 15) is 4.39 Å². The molecule has 1 fully saturated rings. The van der Waals surface area contributed by atoms with Crippen LogP contribution in [0.1, 0.15) is 37.7 Å². The highest BCUT2D eigenvalue weighted by molar-refractivity contribution is 5.28. The first-order chi connectivity index (χ1) is 7.78. The van der Waals surface area contributed by atoms with Crippen molar-refractivity contribution in [2.75, 3.05) is 13.6 Å². The molecular formula is C14H20FN. The number of rotatable bonds is 3. The van der Waals surface area contributed by atoms with Crippen LogP contribution >= 0.6 is 0 Å². The average Bonchev–Trinajstić information content (AvgIpc) is 2.31. The monoisotopic (exact) mass is 221 g/mol. The zero-order valence-electron chi connectivity index (χ0n) is 9.93. The third kappa shape index (κ3) is 2.12. The van der Waals surface area contributed by atoms with Crippen LogP contribution in [-0.4, -0.2) is 13.6 Å². The molecule has 1 N–H and O–H groups in total. The maximum absolute atomic E-state index is 13.9. The lowest BCUT2D eigenvalue weighted by Crippen LogP contribution is -2.39. The second-order valence-corrected chi connectivity index (χ2v) is 4.85. The molecule has 88 valence electrons. The van der Waals surface area contributed by atoms with E-state index in [4.69, 9.17) is 0 Å². The molecule has 1 aliphatic rings. The van der Waals surface area contributed by atoms with Crippen molar-refractivity contribution >= 4 is 0 Å². The molecule has 0 radical (unpaired) electrons. The van der Waals surface area contributed by atoms with Crippen molar-refractivity contribution in [3.05, 3.63) is 35.6 Å². The molecule has 0 atom stereocenters. The summed E-state index contributed by atoms with van der Waals surface area (Å²) >= 11 is 0. The lowest BCUT2D eigenvalue weighted by atomic mass is 9.69. The summed E-state index contributed by atoms with van der Waals surface area (Å²) in [6, 6.07) is 7.26. The second kappa shape index (κ2) is 4.96. The van der Waals surface area contributed by atoms with E-state index in [-0.39, 0.29) is 11.2 Å². The minimum atomic E-state index is -0.0420. The van der Waals surface area contributed by atoms with Gasteiger partial charge in [-0.1, -0.05) is 37.5 Å². The van der Waals surface area contributed by atoms with E-state index in [0.717, 1.165) is 24.9 Å². The fourth-order valence-corrected chi connectivity index (χ4v) is 3.00. The number of likely N-dealkylation sites (N-methyl/N-ethyl adjacent to an activating group) is 1. The molecule has 0 heterocycles. The predicted molar refractivity (Wildman–Crippen MR) is 65.1 cm³/mol. The summed E-state index contributed by atoms with van der Waals surface area (Å²) in [7, 11) is 1.96. The highest BCUT2D eigenvalue weighted by Gasteiger charge is 2.34. The van der Waals surface area contributed by atoms with Gasteiger partial charge in [0.2, 0.25) is 0 Å². The van der Waals surface area contributed by atoms with Crippen LogP contribution in [0.2, 0.25) is 0 Å². The van der Waals surface area contributed by atoms with Crippen LogP contribution < -0.4 is 5.32 Å². The molecule has 1 nitrogen and oxygen atoms in total.